The molecule has 5 heteroatoms. The second-order valence-electron chi connectivity index (χ2n) is 4.17. The van der Waals surface area contributed by atoms with Gasteiger partial charge in [0.1, 0.15) is 11.1 Å². The SMILES string of the molecule is COC(=O)c1cccc2nc(-c3ccc(Br)cc3)oc12. The molecule has 3 aromatic rings. The number of para-hydroxylation sites is 1. The molecule has 0 aliphatic rings. The Morgan fingerprint density at radius 2 is 1.95 bits per heavy atom. The second kappa shape index (κ2) is 5.09. The van der Waals surface area contributed by atoms with Crippen LogP contribution in [0.4, 0.5) is 0 Å². The van der Waals surface area contributed by atoms with Crippen LogP contribution < -0.4 is 0 Å². The average molecular weight is 332 g/mol. The fraction of sp³-hybridized carbons (Fsp3) is 0.0667. The minimum absolute atomic E-state index is 0.376. The summed E-state index contributed by atoms with van der Waals surface area (Å²) in [4.78, 5) is 16.1. The first-order valence-electron chi connectivity index (χ1n) is 5.93. The van der Waals surface area contributed by atoms with Crippen molar-refractivity contribution in [3.8, 4) is 11.5 Å². The van der Waals surface area contributed by atoms with Crippen LogP contribution in [0.25, 0.3) is 22.6 Å². The molecule has 1 heterocycles. The van der Waals surface area contributed by atoms with Gasteiger partial charge in [0, 0.05) is 10.0 Å². The molecule has 20 heavy (non-hydrogen) atoms. The van der Waals surface area contributed by atoms with Crippen LogP contribution in [-0.2, 0) is 4.74 Å². The van der Waals surface area contributed by atoms with Gasteiger partial charge in [0.25, 0.3) is 0 Å². The van der Waals surface area contributed by atoms with Gasteiger partial charge in [-0.3, -0.25) is 0 Å². The minimum atomic E-state index is -0.436. The van der Waals surface area contributed by atoms with E-state index in [9.17, 15) is 4.79 Å². The molecule has 0 N–H and O–H groups in total. The number of benzene rings is 2. The van der Waals surface area contributed by atoms with Gasteiger partial charge >= 0.3 is 5.97 Å². The molecule has 3 rings (SSSR count). The van der Waals surface area contributed by atoms with Gasteiger partial charge in [-0.1, -0.05) is 22.0 Å². The number of aromatic nitrogens is 1. The lowest BCUT2D eigenvalue weighted by Gasteiger charge is -1.98. The number of ether oxygens (including phenoxy) is 1. The number of hydrogen-bond donors (Lipinski definition) is 0. The first-order chi connectivity index (χ1) is 9.69. The van der Waals surface area contributed by atoms with Gasteiger partial charge in [-0.2, -0.15) is 0 Å². The van der Waals surface area contributed by atoms with Crippen molar-refractivity contribution in [3.63, 3.8) is 0 Å². The van der Waals surface area contributed by atoms with E-state index in [0.29, 0.717) is 22.6 Å². The Balaban J connectivity index is 2.15. The summed E-state index contributed by atoms with van der Waals surface area (Å²) in [5.41, 5.74) is 2.30. The molecule has 100 valence electrons. The van der Waals surface area contributed by atoms with Gasteiger partial charge in [-0.15, -0.1) is 0 Å². The Hall–Kier alpha value is -2.14. The Bertz CT molecular complexity index is 777. The maximum absolute atomic E-state index is 11.7. The maximum atomic E-state index is 11.7. The molecule has 0 atom stereocenters. The number of fused-ring (bicyclic) bond motifs is 1. The number of oxazole rings is 1. The van der Waals surface area contributed by atoms with Crippen molar-refractivity contribution >= 4 is 33.0 Å². The van der Waals surface area contributed by atoms with E-state index >= 15 is 0 Å². The van der Waals surface area contributed by atoms with Crippen LogP contribution in [0.5, 0.6) is 0 Å². The molecule has 0 saturated carbocycles. The Morgan fingerprint density at radius 1 is 1.20 bits per heavy atom. The van der Waals surface area contributed by atoms with E-state index in [4.69, 9.17) is 9.15 Å². The van der Waals surface area contributed by atoms with Gasteiger partial charge < -0.3 is 9.15 Å². The predicted octanol–water partition coefficient (Wildman–Crippen LogP) is 4.04. The third kappa shape index (κ3) is 2.20. The number of esters is 1. The number of hydrogen-bond acceptors (Lipinski definition) is 4. The van der Waals surface area contributed by atoms with Gasteiger partial charge in [0.2, 0.25) is 5.89 Å². The summed E-state index contributed by atoms with van der Waals surface area (Å²) < 4.78 is 11.4. The lowest BCUT2D eigenvalue weighted by atomic mass is 10.2. The lowest BCUT2D eigenvalue weighted by Crippen LogP contribution is -2.00. The standard InChI is InChI=1S/C15H10BrNO3/c1-19-15(18)11-3-2-4-12-13(11)20-14(17-12)9-5-7-10(16)8-6-9/h2-8H,1H3. The zero-order valence-electron chi connectivity index (χ0n) is 10.6. The number of halogens is 1. The number of nitrogens with zero attached hydrogens (tertiary/aromatic N) is 1. The molecule has 4 nitrogen and oxygen atoms in total. The molecule has 0 spiro atoms. The Labute approximate surface area is 123 Å². The molecule has 0 saturated heterocycles. The lowest BCUT2D eigenvalue weighted by molar-refractivity contribution is 0.0602. The fourth-order valence-electron chi connectivity index (χ4n) is 1.94. The van der Waals surface area contributed by atoms with Crippen LogP contribution in [0.15, 0.2) is 51.4 Å². The normalized spacial score (nSPS) is 10.7. The molecule has 2 aromatic carbocycles. The van der Waals surface area contributed by atoms with Crippen molar-refractivity contribution in [1.29, 1.82) is 0 Å². The van der Waals surface area contributed by atoms with Crippen molar-refractivity contribution in [3.05, 3.63) is 52.5 Å². The summed E-state index contributed by atoms with van der Waals surface area (Å²) in [5, 5.41) is 0. The molecule has 0 bridgehead atoms. The molecule has 0 radical (unpaired) electrons. The summed E-state index contributed by atoms with van der Waals surface area (Å²) in [6, 6.07) is 12.8. The third-order valence-corrected chi connectivity index (χ3v) is 3.44. The van der Waals surface area contributed by atoms with Gasteiger partial charge in [0.15, 0.2) is 5.58 Å². The molecular formula is C15H10BrNO3. The average Bonchev–Trinajstić information content (AvgIpc) is 2.91. The van der Waals surface area contributed by atoms with Crippen LogP contribution in [0.3, 0.4) is 0 Å². The van der Waals surface area contributed by atoms with Crippen LogP contribution >= 0.6 is 15.9 Å². The summed E-state index contributed by atoms with van der Waals surface area (Å²) in [6.07, 6.45) is 0. The topological polar surface area (TPSA) is 52.3 Å². The summed E-state index contributed by atoms with van der Waals surface area (Å²) >= 11 is 3.38. The van der Waals surface area contributed by atoms with E-state index in [2.05, 4.69) is 20.9 Å². The zero-order valence-corrected chi connectivity index (χ0v) is 12.2. The number of carbonyl (C=O) groups is 1. The highest BCUT2D eigenvalue weighted by atomic mass is 79.9. The number of methoxy groups -OCH3 is 1. The highest BCUT2D eigenvalue weighted by Gasteiger charge is 2.16. The summed E-state index contributed by atoms with van der Waals surface area (Å²) in [5.74, 6) is 0.0398. The molecule has 0 aliphatic heterocycles. The molecule has 0 fully saturated rings. The van der Waals surface area contributed by atoms with E-state index < -0.39 is 5.97 Å². The number of rotatable bonds is 2. The maximum Gasteiger partial charge on any atom is 0.341 e. The summed E-state index contributed by atoms with van der Waals surface area (Å²) in [7, 11) is 1.34. The van der Waals surface area contributed by atoms with Crippen molar-refractivity contribution in [2.45, 2.75) is 0 Å². The third-order valence-electron chi connectivity index (χ3n) is 2.91. The van der Waals surface area contributed by atoms with E-state index in [1.807, 2.05) is 24.3 Å². The molecular weight excluding hydrogens is 322 g/mol. The van der Waals surface area contributed by atoms with Crippen molar-refractivity contribution in [1.82, 2.24) is 4.98 Å². The summed E-state index contributed by atoms with van der Waals surface area (Å²) in [6.45, 7) is 0. The number of carbonyl (C=O) groups excluding carboxylic acids is 1. The highest BCUT2D eigenvalue weighted by Crippen LogP contribution is 2.27. The Kier molecular flexibility index (Phi) is 3.28. The molecule has 0 aliphatic carbocycles. The van der Waals surface area contributed by atoms with Crippen molar-refractivity contribution < 1.29 is 13.9 Å². The highest BCUT2D eigenvalue weighted by molar-refractivity contribution is 9.10. The van der Waals surface area contributed by atoms with Gasteiger partial charge in [-0.05, 0) is 36.4 Å². The van der Waals surface area contributed by atoms with Crippen LogP contribution in [-0.4, -0.2) is 18.1 Å². The quantitative estimate of drug-likeness (QED) is 0.665. The van der Waals surface area contributed by atoms with Crippen molar-refractivity contribution in [2.24, 2.45) is 0 Å². The first kappa shape index (κ1) is 12.9. The Morgan fingerprint density at radius 3 is 2.65 bits per heavy atom. The van der Waals surface area contributed by atoms with E-state index in [1.54, 1.807) is 18.2 Å². The van der Waals surface area contributed by atoms with Gasteiger partial charge in [0.05, 0.1) is 7.11 Å². The predicted molar refractivity (Wildman–Crippen MR) is 78.5 cm³/mol. The van der Waals surface area contributed by atoms with E-state index in [-0.39, 0.29) is 0 Å². The monoisotopic (exact) mass is 331 g/mol. The van der Waals surface area contributed by atoms with E-state index in [1.165, 1.54) is 7.11 Å². The van der Waals surface area contributed by atoms with E-state index in [0.717, 1.165) is 10.0 Å². The van der Waals surface area contributed by atoms with Gasteiger partial charge in [-0.25, -0.2) is 9.78 Å². The molecule has 0 unspecified atom stereocenters. The minimum Gasteiger partial charge on any atom is -0.465 e. The molecule has 0 amide bonds. The second-order valence-corrected chi connectivity index (χ2v) is 5.09. The zero-order chi connectivity index (χ0) is 14.1. The van der Waals surface area contributed by atoms with Crippen LogP contribution in [0.1, 0.15) is 10.4 Å². The van der Waals surface area contributed by atoms with Crippen LogP contribution in [0, 0.1) is 0 Å². The first-order valence-corrected chi connectivity index (χ1v) is 6.72. The van der Waals surface area contributed by atoms with Crippen molar-refractivity contribution in [2.75, 3.05) is 7.11 Å². The fourth-order valence-corrected chi connectivity index (χ4v) is 2.20. The smallest absolute Gasteiger partial charge is 0.341 e. The largest absolute Gasteiger partial charge is 0.465 e. The van der Waals surface area contributed by atoms with Crippen LogP contribution in [0.2, 0.25) is 0 Å². The molecule has 1 aromatic heterocycles.